The van der Waals surface area contributed by atoms with E-state index in [1.807, 2.05) is 13.8 Å². The fourth-order valence-electron chi connectivity index (χ4n) is 2.95. The summed E-state index contributed by atoms with van der Waals surface area (Å²) in [7, 11) is -3.47. The third-order valence-corrected chi connectivity index (χ3v) is 6.47. The SMILES string of the molecule is CC(C)Cn1cc(N/C=C(\C=N)c2ccc(NS(=O)(=O)C3CC3)cc2F)ccc1=O. The molecule has 0 amide bonds. The maximum absolute atomic E-state index is 14.6. The van der Waals surface area contributed by atoms with Crippen LogP contribution < -0.4 is 15.6 Å². The lowest BCUT2D eigenvalue weighted by Crippen LogP contribution is -2.21. The third kappa shape index (κ3) is 5.35. The van der Waals surface area contributed by atoms with Gasteiger partial charge in [-0.15, -0.1) is 0 Å². The molecule has 0 radical (unpaired) electrons. The minimum absolute atomic E-state index is 0.110. The van der Waals surface area contributed by atoms with E-state index in [1.54, 1.807) is 16.8 Å². The molecule has 0 atom stereocenters. The standard InChI is InChI=1S/C21H25FN4O3S/c1-14(2)12-26-13-17(4-8-21(26)27)24-11-15(10-23)19-7-3-16(9-20(19)22)25-30(28,29)18-5-6-18/h3-4,7-11,13-14,18,23-25H,5-6,12H2,1-2H3/b15-11+,23-10?. The summed E-state index contributed by atoms with van der Waals surface area (Å²) in [4.78, 5) is 11.9. The number of hydrogen-bond donors (Lipinski definition) is 3. The summed E-state index contributed by atoms with van der Waals surface area (Å²) in [5, 5.41) is 10.2. The molecule has 0 saturated heterocycles. The van der Waals surface area contributed by atoms with Crippen molar-refractivity contribution >= 4 is 33.2 Å². The second-order valence-electron chi connectivity index (χ2n) is 7.73. The van der Waals surface area contributed by atoms with E-state index in [4.69, 9.17) is 5.41 Å². The molecule has 2 aromatic rings. The Morgan fingerprint density at radius 3 is 2.57 bits per heavy atom. The highest BCUT2D eigenvalue weighted by Crippen LogP contribution is 2.30. The zero-order valence-corrected chi connectivity index (χ0v) is 17.7. The van der Waals surface area contributed by atoms with Crippen LogP contribution in [0.5, 0.6) is 0 Å². The summed E-state index contributed by atoms with van der Waals surface area (Å²) in [6.07, 6.45) is 5.38. The van der Waals surface area contributed by atoms with Crippen molar-refractivity contribution in [1.82, 2.24) is 4.57 Å². The van der Waals surface area contributed by atoms with E-state index in [0.717, 1.165) is 12.3 Å². The number of nitrogens with zero attached hydrogens (tertiary/aromatic N) is 1. The largest absolute Gasteiger partial charge is 0.360 e. The molecule has 1 saturated carbocycles. The fraction of sp³-hybridized carbons (Fsp3) is 0.333. The maximum Gasteiger partial charge on any atom is 0.250 e. The predicted molar refractivity (Wildman–Crippen MR) is 118 cm³/mol. The molecule has 160 valence electrons. The fourth-order valence-corrected chi connectivity index (χ4v) is 4.33. The van der Waals surface area contributed by atoms with Crippen LogP contribution in [0.3, 0.4) is 0 Å². The van der Waals surface area contributed by atoms with E-state index in [0.29, 0.717) is 31.0 Å². The van der Waals surface area contributed by atoms with Crippen molar-refractivity contribution < 1.29 is 12.8 Å². The Morgan fingerprint density at radius 1 is 1.27 bits per heavy atom. The monoisotopic (exact) mass is 432 g/mol. The maximum atomic E-state index is 14.6. The first kappa shape index (κ1) is 21.8. The lowest BCUT2D eigenvalue weighted by atomic mass is 10.1. The van der Waals surface area contributed by atoms with Crippen molar-refractivity contribution in [3.8, 4) is 0 Å². The van der Waals surface area contributed by atoms with Gasteiger partial charge in [-0.1, -0.05) is 13.8 Å². The quantitative estimate of drug-likeness (QED) is 0.526. The smallest absolute Gasteiger partial charge is 0.250 e. The molecule has 1 aromatic carbocycles. The molecule has 1 heterocycles. The first-order chi connectivity index (χ1) is 14.2. The summed E-state index contributed by atoms with van der Waals surface area (Å²) in [5.74, 6) is -0.345. The molecule has 3 N–H and O–H groups in total. The van der Waals surface area contributed by atoms with E-state index >= 15 is 0 Å². The highest BCUT2D eigenvalue weighted by molar-refractivity contribution is 7.93. The zero-order chi connectivity index (χ0) is 21.9. The van der Waals surface area contributed by atoms with Gasteiger partial charge < -0.3 is 15.3 Å². The van der Waals surface area contributed by atoms with Crippen LogP contribution in [0.1, 0.15) is 32.3 Å². The van der Waals surface area contributed by atoms with Crippen LogP contribution in [0, 0.1) is 17.1 Å². The Labute approximate surface area is 175 Å². The highest BCUT2D eigenvalue weighted by Gasteiger charge is 2.35. The van der Waals surface area contributed by atoms with Crippen LogP contribution in [0.2, 0.25) is 0 Å². The van der Waals surface area contributed by atoms with E-state index < -0.39 is 21.1 Å². The van der Waals surface area contributed by atoms with E-state index in [1.165, 1.54) is 24.4 Å². The minimum atomic E-state index is -3.47. The molecule has 3 rings (SSSR count). The van der Waals surface area contributed by atoms with Gasteiger partial charge in [0.05, 0.1) is 16.6 Å². The molecule has 1 aliphatic carbocycles. The van der Waals surface area contributed by atoms with E-state index in [2.05, 4.69) is 10.0 Å². The van der Waals surface area contributed by atoms with Gasteiger partial charge in [0.25, 0.3) is 5.56 Å². The summed E-state index contributed by atoms with van der Waals surface area (Å²) in [6, 6.07) is 7.07. The third-order valence-electron chi connectivity index (χ3n) is 4.60. The van der Waals surface area contributed by atoms with Gasteiger partial charge in [0.2, 0.25) is 10.0 Å². The summed E-state index contributed by atoms with van der Waals surface area (Å²) < 4.78 is 42.6. The molecule has 30 heavy (non-hydrogen) atoms. The Hall–Kier alpha value is -2.94. The lowest BCUT2D eigenvalue weighted by Gasteiger charge is -2.12. The van der Waals surface area contributed by atoms with Gasteiger partial charge in [0.1, 0.15) is 5.82 Å². The van der Waals surface area contributed by atoms with E-state index in [-0.39, 0.29) is 22.4 Å². The normalized spacial score (nSPS) is 14.6. The van der Waals surface area contributed by atoms with Crippen molar-refractivity contribution in [3.05, 3.63) is 64.5 Å². The number of halogens is 1. The Bertz CT molecular complexity index is 1140. The lowest BCUT2D eigenvalue weighted by molar-refractivity contribution is 0.511. The topological polar surface area (TPSA) is 104 Å². The number of sulfonamides is 1. The van der Waals surface area contributed by atoms with Gasteiger partial charge in [0, 0.05) is 42.4 Å². The second kappa shape index (κ2) is 8.83. The van der Waals surface area contributed by atoms with Crippen molar-refractivity contribution in [2.45, 2.75) is 38.5 Å². The number of hydrogen-bond acceptors (Lipinski definition) is 5. The first-order valence-corrected chi connectivity index (χ1v) is 11.2. The summed E-state index contributed by atoms with van der Waals surface area (Å²) >= 11 is 0. The Kier molecular flexibility index (Phi) is 6.40. The van der Waals surface area contributed by atoms with Crippen LogP contribution in [-0.2, 0) is 16.6 Å². The van der Waals surface area contributed by atoms with E-state index in [9.17, 15) is 17.6 Å². The zero-order valence-electron chi connectivity index (χ0n) is 16.9. The van der Waals surface area contributed by atoms with Crippen LogP contribution in [-0.4, -0.2) is 24.4 Å². The molecule has 1 fully saturated rings. The van der Waals surface area contributed by atoms with Crippen molar-refractivity contribution in [3.63, 3.8) is 0 Å². The first-order valence-electron chi connectivity index (χ1n) is 9.69. The molecule has 0 unspecified atom stereocenters. The molecule has 0 spiro atoms. The molecule has 9 heteroatoms. The summed E-state index contributed by atoms with van der Waals surface area (Å²) in [6.45, 7) is 4.59. The molecule has 7 nitrogen and oxygen atoms in total. The average Bonchev–Trinajstić information content (AvgIpc) is 3.51. The van der Waals surface area contributed by atoms with Gasteiger partial charge in [0.15, 0.2) is 0 Å². The number of benzene rings is 1. The Morgan fingerprint density at radius 2 is 1.97 bits per heavy atom. The Balaban J connectivity index is 1.79. The minimum Gasteiger partial charge on any atom is -0.360 e. The summed E-state index contributed by atoms with van der Waals surface area (Å²) in [5.41, 5.74) is 1.10. The second-order valence-corrected chi connectivity index (χ2v) is 9.69. The number of anilines is 2. The number of allylic oxidation sites excluding steroid dienone is 1. The van der Waals surface area contributed by atoms with Crippen LogP contribution in [0.15, 0.2) is 47.5 Å². The van der Waals surface area contributed by atoms with Crippen molar-refractivity contribution in [2.24, 2.45) is 5.92 Å². The molecular formula is C21H25FN4O3S. The van der Waals surface area contributed by atoms with Gasteiger partial charge in [-0.2, -0.15) is 0 Å². The molecular weight excluding hydrogens is 407 g/mol. The predicted octanol–water partition coefficient (Wildman–Crippen LogP) is 3.65. The van der Waals surface area contributed by atoms with Gasteiger partial charge >= 0.3 is 0 Å². The molecule has 0 bridgehead atoms. The molecule has 1 aliphatic rings. The highest BCUT2D eigenvalue weighted by atomic mass is 32.2. The van der Waals surface area contributed by atoms with Gasteiger partial charge in [-0.25, -0.2) is 12.8 Å². The van der Waals surface area contributed by atoms with Gasteiger partial charge in [-0.05, 0) is 43.0 Å². The molecule has 1 aromatic heterocycles. The van der Waals surface area contributed by atoms with Crippen LogP contribution in [0.4, 0.5) is 15.8 Å². The number of rotatable bonds is 9. The number of pyridine rings is 1. The van der Waals surface area contributed by atoms with Gasteiger partial charge in [-0.3, -0.25) is 9.52 Å². The molecule has 0 aliphatic heterocycles. The number of aromatic nitrogens is 1. The van der Waals surface area contributed by atoms with Crippen LogP contribution in [0.25, 0.3) is 5.57 Å². The van der Waals surface area contributed by atoms with Crippen LogP contribution >= 0.6 is 0 Å². The number of nitrogens with one attached hydrogen (secondary N) is 3. The van der Waals surface area contributed by atoms with Crippen molar-refractivity contribution in [1.29, 1.82) is 5.41 Å². The van der Waals surface area contributed by atoms with Crippen molar-refractivity contribution in [2.75, 3.05) is 10.0 Å². The average molecular weight is 433 g/mol.